The fraction of sp³-hybridized carbons (Fsp3) is 0.333. The van der Waals surface area contributed by atoms with Crippen molar-refractivity contribution in [3.8, 4) is 5.75 Å². The Kier molecular flexibility index (Phi) is 6.14. The van der Waals surface area contributed by atoms with Gasteiger partial charge in [0.2, 0.25) is 0 Å². The van der Waals surface area contributed by atoms with Crippen LogP contribution < -0.4 is 10.4 Å². The van der Waals surface area contributed by atoms with Crippen LogP contribution in [0.1, 0.15) is 35.7 Å². The molecule has 156 valence electrons. The summed E-state index contributed by atoms with van der Waals surface area (Å²) in [5, 5.41) is 0.721. The van der Waals surface area contributed by atoms with E-state index in [1.807, 2.05) is 43.3 Å². The number of amides is 1. The highest BCUT2D eigenvalue weighted by atomic mass is 16.5. The van der Waals surface area contributed by atoms with Crippen molar-refractivity contribution in [2.75, 3.05) is 19.8 Å². The van der Waals surface area contributed by atoms with Crippen LogP contribution in [0.25, 0.3) is 11.0 Å². The zero-order valence-electron chi connectivity index (χ0n) is 17.0. The molecule has 0 spiro atoms. The second-order valence-electron chi connectivity index (χ2n) is 7.38. The van der Waals surface area contributed by atoms with Crippen LogP contribution in [0.2, 0.25) is 0 Å². The monoisotopic (exact) mass is 407 g/mol. The normalized spacial score (nSPS) is 16.0. The van der Waals surface area contributed by atoms with Crippen molar-refractivity contribution in [1.29, 1.82) is 0 Å². The first-order chi connectivity index (χ1) is 14.6. The molecule has 0 unspecified atom stereocenters. The Morgan fingerprint density at radius 1 is 1.17 bits per heavy atom. The van der Waals surface area contributed by atoms with Crippen molar-refractivity contribution < 1.29 is 18.7 Å². The van der Waals surface area contributed by atoms with Crippen molar-refractivity contribution in [2.24, 2.45) is 0 Å². The number of rotatable bonds is 7. The Hall–Kier alpha value is -3.12. The average molecular weight is 407 g/mol. The van der Waals surface area contributed by atoms with Crippen LogP contribution in [0.4, 0.5) is 0 Å². The Morgan fingerprint density at radius 3 is 2.70 bits per heavy atom. The molecule has 1 aliphatic rings. The van der Waals surface area contributed by atoms with E-state index in [-0.39, 0.29) is 17.6 Å². The summed E-state index contributed by atoms with van der Waals surface area (Å²) in [5.41, 5.74) is 0.839. The van der Waals surface area contributed by atoms with E-state index < -0.39 is 5.63 Å². The number of hydrogen-bond acceptors (Lipinski definition) is 5. The molecule has 1 aromatic heterocycles. The first-order valence-corrected chi connectivity index (χ1v) is 10.3. The third-order valence-electron chi connectivity index (χ3n) is 5.21. The maximum atomic E-state index is 13.4. The molecule has 1 atom stereocenters. The van der Waals surface area contributed by atoms with Gasteiger partial charge in [0, 0.05) is 25.1 Å². The highest BCUT2D eigenvalue weighted by molar-refractivity contribution is 5.96. The summed E-state index contributed by atoms with van der Waals surface area (Å²) in [7, 11) is 0. The van der Waals surface area contributed by atoms with Crippen LogP contribution in [0.15, 0.2) is 63.8 Å². The first-order valence-electron chi connectivity index (χ1n) is 10.3. The topological polar surface area (TPSA) is 69.0 Å². The van der Waals surface area contributed by atoms with Gasteiger partial charge in [-0.1, -0.05) is 30.3 Å². The number of para-hydroxylation sites is 1. The van der Waals surface area contributed by atoms with Crippen molar-refractivity contribution >= 4 is 16.9 Å². The SMILES string of the molecule is CCOc1ccc(CN(C[C@@H]2CCCO2)C(=O)c2cc3ccccc3oc2=O)cc1. The van der Waals surface area contributed by atoms with Gasteiger partial charge in [-0.05, 0) is 49.6 Å². The molecule has 2 aromatic carbocycles. The number of fused-ring (bicyclic) bond motifs is 1. The molecule has 1 amide bonds. The van der Waals surface area contributed by atoms with Crippen LogP contribution in [0.5, 0.6) is 5.75 Å². The Balaban J connectivity index is 1.62. The molecule has 0 N–H and O–H groups in total. The van der Waals surface area contributed by atoms with Gasteiger partial charge in [-0.3, -0.25) is 4.79 Å². The predicted octanol–water partition coefficient (Wildman–Crippen LogP) is 4.01. The molecule has 6 heteroatoms. The van der Waals surface area contributed by atoms with Gasteiger partial charge < -0.3 is 18.8 Å². The zero-order valence-corrected chi connectivity index (χ0v) is 17.0. The van der Waals surface area contributed by atoms with E-state index in [9.17, 15) is 9.59 Å². The predicted molar refractivity (Wildman–Crippen MR) is 114 cm³/mol. The number of hydrogen-bond donors (Lipinski definition) is 0. The number of ether oxygens (including phenoxy) is 2. The summed E-state index contributed by atoms with van der Waals surface area (Å²) in [5.74, 6) is 0.437. The smallest absolute Gasteiger partial charge is 0.349 e. The molecule has 6 nitrogen and oxygen atoms in total. The minimum atomic E-state index is -0.622. The molecule has 0 radical (unpaired) electrons. The Bertz CT molecular complexity index is 1070. The van der Waals surface area contributed by atoms with Gasteiger partial charge in [0.25, 0.3) is 5.91 Å². The van der Waals surface area contributed by atoms with E-state index in [0.29, 0.717) is 31.9 Å². The molecular weight excluding hydrogens is 382 g/mol. The molecule has 30 heavy (non-hydrogen) atoms. The molecule has 0 aliphatic carbocycles. The fourth-order valence-electron chi connectivity index (χ4n) is 3.71. The van der Waals surface area contributed by atoms with Crippen LogP contribution in [0, 0.1) is 0 Å². The maximum Gasteiger partial charge on any atom is 0.349 e. The lowest BCUT2D eigenvalue weighted by molar-refractivity contribution is 0.0504. The number of benzene rings is 2. The van der Waals surface area contributed by atoms with Gasteiger partial charge in [0.05, 0.1) is 12.7 Å². The third kappa shape index (κ3) is 4.54. The molecular formula is C24H25NO5. The van der Waals surface area contributed by atoms with Crippen molar-refractivity contribution in [2.45, 2.75) is 32.4 Å². The van der Waals surface area contributed by atoms with E-state index in [0.717, 1.165) is 29.5 Å². The van der Waals surface area contributed by atoms with E-state index in [2.05, 4.69) is 0 Å². The molecule has 0 bridgehead atoms. The average Bonchev–Trinajstić information content (AvgIpc) is 3.27. The standard InChI is InChI=1S/C24H25NO5/c1-2-28-19-11-9-17(10-12-19)15-25(16-20-7-5-13-29-20)23(26)21-14-18-6-3-4-8-22(18)30-24(21)27/h3-4,6,8-12,14,20H,2,5,7,13,15-16H2,1H3/t20-/m0/s1. The van der Waals surface area contributed by atoms with Crippen LogP contribution >= 0.6 is 0 Å². The lowest BCUT2D eigenvalue weighted by Crippen LogP contribution is -2.38. The van der Waals surface area contributed by atoms with Gasteiger partial charge in [0.15, 0.2) is 0 Å². The van der Waals surface area contributed by atoms with Gasteiger partial charge in [0.1, 0.15) is 16.9 Å². The summed E-state index contributed by atoms with van der Waals surface area (Å²) < 4.78 is 16.6. The van der Waals surface area contributed by atoms with Crippen LogP contribution in [0.3, 0.4) is 0 Å². The number of carbonyl (C=O) groups is 1. The third-order valence-corrected chi connectivity index (χ3v) is 5.21. The fourth-order valence-corrected chi connectivity index (χ4v) is 3.71. The highest BCUT2D eigenvalue weighted by Crippen LogP contribution is 2.20. The summed E-state index contributed by atoms with van der Waals surface area (Å²) in [6, 6.07) is 16.4. The van der Waals surface area contributed by atoms with Crippen LogP contribution in [-0.4, -0.2) is 36.7 Å². The Morgan fingerprint density at radius 2 is 1.97 bits per heavy atom. The van der Waals surface area contributed by atoms with Crippen LogP contribution in [-0.2, 0) is 11.3 Å². The summed E-state index contributed by atoms with van der Waals surface area (Å²) >= 11 is 0. The molecule has 1 saturated heterocycles. The summed E-state index contributed by atoms with van der Waals surface area (Å²) in [6.07, 6.45) is 1.86. The first kappa shape index (κ1) is 20.2. The van der Waals surface area contributed by atoms with Crippen molar-refractivity contribution in [3.05, 3.63) is 76.1 Å². The molecule has 4 rings (SSSR count). The van der Waals surface area contributed by atoms with Gasteiger partial charge in [-0.25, -0.2) is 4.79 Å². The minimum absolute atomic E-state index is 0.0239. The van der Waals surface area contributed by atoms with E-state index in [4.69, 9.17) is 13.9 Å². The quantitative estimate of drug-likeness (QED) is 0.554. The second kappa shape index (κ2) is 9.13. The molecule has 1 fully saturated rings. The summed E-state index contributed by atoms with van der Waals surface area (Å²) in [4.78, 5) is 27.6. The molecule has 0 saturated carbocycles. The Labute approximate surface area is 175 Å². The largest absolute Gasteiger partial charge is 0.494 e. The van der Waals surface area contributed by atoms with Gasteiger partial charge in [-0.15, -0.1) is 0 Å². The number of nitrogens with zero attached hydrogens (tertiary/aromatic N) is 1. The lowest BCUT2D eigenvalue weighted by atomic mass is 10.1. The molecule has 3 aromatic rings. The van der Waals surface area contributed by atoms with E-state index in [1.54, 1.807) is 23.1 Å². The van der Waals surface area contributed by atoms with Gasteiger partial charge >= 0.3 is 5.63 Å². The van der Waals surface area contributed by atoms with E-state index >= 15 is 0 Å². The zero-order chi connectivity index (χ0) is 20.9. The lowest BCUT2D eigenvalue weighted by Gasteiger charge is -2.25. The second-order valence-corrected chi connectivity index (χ2v) is 7.38. The minimum Gasteiger partial charge on any atom is -0.494 e. The maximum absolute atomic E-state index is 13.4. The molecule has 1 aliphatic heterocycles. The van der Waals surface area contributed by atoms with Gasteiger partial charge in [-0.2, -0.15) is 0 Å². The van der Waals surface area contributed by atoms with E-state index in [1.165, 1.54) is 0 Å². The summed E-state index contributed by atoms with van der Waals surface area (Å²) in [6.45, 7) is 4.04. The number of carbonyl (C=O) groups excluding carboxylic acids is 1. The van der Waals surface area contributed by atoms with Crippen molar-refractivity contribution in [1.82, 2.24) is 4.90 Å². The molecule has 2 heterocycles. The van der Waals surface area contributed by atoms with Crippen molar-refractivity contribution in [3.63, 3.8) is 0 Å². The highest BCUT2D eigenvalue weighted by Gasteiger charge is 2.26.